The summed E-state index contributed by atoms with van der Waals surface area (Å²) in [6.07, 6.45) is -0.644. The molecule has 0 radical (unpaired) electrons. The van der Waals surface area contributed by atoms with Crippen LogP contribution in [-0.2, 0) is 38.0 Å². The van der Waals surface area contributed by atoms with Gasteiger partial charge in [-0.25, -0.2) is 0 Å². The third-order valence-electron chi connectivity index (χ3n) is 14.2. The average molecular weight is 1060 g/mol. The molecule has 4 aliphatic heterocycles. The molecule has 2 bridgehead atoms. The molecule has 0 saturated carbocycles. The Bertz CT molecular complexity index is 1870. The molecule has 23 atom stereocenters. The first-order valence-electron chi connectivity index (χ1n) is 26.0. The number of carbonyl (C=O) groups excluding carboxylic acids is 2. The molecule has 1 unspecified atom stereocenters. The Kier molecular flexibility index (Phi) is 26.1. The van der Waals surface area contributed by atoms with Crippen molar-refractivity contribution in [3.63, 3.8) is 0 Å². The zero-order valence-corrected chi connectivity index (χ0v) is 43.2. The molecule has 4 aliphatic rings. The van der Waals surface area contributed by atoms with E-state index in [9.17, 15) is 65.8 Å². The van der Waals surface area contributed by atoms with Gasteiger partial charge in [-0.05, 0) is 59.3 Å². The lowest BCUT2D eigenvalue weighted by molar-refractivity contribution is -0.308. The van der Waals surface area contributed by atoms with Gasteiger partial charge in [-0.15, -0.1) is 0 Å². The molecule has 21 heteroatoms. The maximum atomic E-state index is 13.1. The number of aliphatic hydroxyl groups is 11. The molecular formula is C53H86N2O19. The van der Waals surface area contributed by atoms with Crippen LogP contribution >= 0.6 is 0 Å². The minimum Gasteiger partial charge on any atom is -0.462 e. The summed E-state index contributed by atoms with van der Waals surface area (Å²) in [6.45, 7) is 8.64. The quantitative estimate of drug-likeness (QED) is 0.164. The minimum atomic E-state index is -2.32. The van der Waals surface area contributed by atoms with Crippen LogP contribution in [0.4, 0.5) is 0 Å². The second kappa shape index (κ2) is 30.6. The molecule has 0 aromatic rings. The molecule has 4 heterocycles. The van der Waals surface area contributed by atoms with E-state index in [0.29, 0.717) is 0 Å². The number of carbonyl (C=O) groups is 2. The fraction of sp³-hybridized carbons (Fsp3) is 0.736. The molecule has 74 heavy (non-hydrogen) atoms. The van der Waals surface area contributed by atoms with Crippen LogP contribution in [-0.4, -0.2) is 190 Å². The molecule has 3 saturated heterocycles. The maximum absolute atomic E-state index is 13.1. The number of ether oxygens (including phenoxy) is 6. The number of nitrogens with two attached hydrogens (primary N) is 2. The summed E-state index contributed by atoms with van der Waals surface area (Å²) in [4.78, 5) is 25.8. The average Bonchev–Trinajstić information content (AvgIpc) is 3.31. The molecule has 422 valence electrons. The van der Waals surface area contributed by atoms with E-state index in [1.807, 2.05) is 56.4 Å². The number of allylic oxidation sites excluding steroid dienone is 10. The van der Waals surface area contributed by atoms with E-state index in [1.165, 1.54) is 0 Å². The van der Waals surface area contributed by atoms with Crippen LogP contribution in [0.3, 0.4) is 0 Å². The van der Waals surface area contributed by atoms with Crippen molar-refractivity contribution in [1.82, 2.24) is 0 Å². The van der Waals surface area contributed by atoms with Gasteiger partial charge in [0.15, 0.2) is 18.4 Å². The topological polar surface area (TPSA) is 364 Å². The lowest BCUT2D eigenvalue weighted by Gasteiger charge is -2.45. The zero-order chi connectivity index (χ0) is 54.9. The van der Waals surface area contributed by atoms with Crippen molar-refractivity contribution in [2.75, 3.05) is 0 Å². The van der Waals surface area contributed by atoms with Crippen molar-refractivity contribution in [2.24, 2.45) is 29.2 Å². The largest absolute Gasteiger partial charge is 0.462 e. The highest BCUT2D eigenvalue weighted by Gasteiger charge is 2.51. The Labute approximate surface area is 434 Å². The van der Waals surface area contributed by atoms with Crippen LogP contribution in [0.1, 0.15) is 105 Å². The van der Waals surface area contributed by atoms with E-state index in [0.717, 1.165) is 12.8 Å². The first-order valence-corrected chi connectivity index (χ1v) is 26.0. The van der Waals surface area contributed by atoms with Gasteiger partial charge in [-0.2, -0.15) is 0 Å². The number of hydrogen-bond acceptors (Lipinski definition) is 20. The molecule has 15 N–H and O–H groups in total. The van der Waals surface area contributed by atoms with Crippen LogP contribution in [0.5, 0.6) is 0 Å². The van der Waals surface area contributed by atoms with E-state index in [4.69, 9.17) is 39.9 Å². The van der Waals surface area contributed by atoms with Crippen molar-refractivity contribution in [3.8, 4) is 0 Å². The van der Waals surface area contributed by atoms with Crippen LogP contribution in [0.15, 0.2) is 72.9 Å². The maximum Gasteiger partial charge on any atom is 0.308 e. The second-order valence-corrected chi connectivity index (χ2v) is 20.6. The Hall–Kier alpha value is -3.30. The summed E-state index contributed by atoms with van der Waals surface area (Å²) in [5.74, 6) is -6.09. The lowest BCUT2D eigenvalue weighted by Crippen LogP contribution is -2.62. The SMILES string of the molecule is C[C@@H]1[C@H](OC2C[C@@H](O)[C@@H](O)[C@H](C)O2)[C@@H](C)/C=C/C=C/CC/C=C/C=C/C=C/C=C/[C@H](O[C@@H]2O[C@H](C)[C@@H](O)[C@H](N)[C@@H]2O)C[C@@H]2O[C@](O)(C[C@@H](O)[C@H](O)CC[C@@H](O)C[C@@H](O)C[C@@H](O)CC(=O)O[C@H]1C)C[C@H](O)[C@H]2C(N)=O. The summed E-state index contributed by atoms with van der Waals surface area (Å²) in [5.41, 5.74) is 11.8. The van der Waals surface area contributed by atoms with Gasteiger partial charge in [0.25, 0.3) is 0 Å². The fourth-order valence-electron chi connectivity index (χ4n) is 9.68. The normalized spacial score (nSPS) is 46.5. The summed E-state index contributed by atoms with van der Waals surface area (Å²) >= 11 is 0. The van der Waals surface area contributed by atoms with E-state index in [-0.39, 0.29) is 44.4 Å². The molecule has 0 spiro atoms. The standard InChI is InChI=1S/C53H86N2O19/c1-29-18-16-14-12-10-8-6-7-9-11-13-15-17-19-37(72-52-49(66)46(54)48(65)33(5)71-52)25-42-45(51(55)67)41(62)28-53(68,74-42)27-40(61)38(59)21-20-34(56)22-35(57)23-36(58)24-43(63)69-31(3)30(2)50(29)73-44-26-39(60)47(64)32(4)70-44/h6-7,9,11-19,29-42,44-50,52,56-62,64-66,68H,8,10,20-28,54H2,1-5H3,(H2,55,67)/b7-6+,11-9+,14-12+,15-13+,18-16+,19-17+/t29-,30-,31-,32-,33+,34+,35+,36+,37-,38+,39+,40+,41-,42-,44?,45+,46-,47-,48+,49-,50+,52-,53+/m0/s1. The van der Waals surface area contributed by atoms with E-state index in [1.54, 1.807) is 51.2 Å². The first kappa shape index (κ1) is 63.2. The van der Waals surface area contributed by atoms with Gasteiger partial charge in [0, 0.05) is 37.5 Å². The van der Waals surface area contributed by atoms with Crippen molar-refractivity contribution in [3.05, 3.63) is 72.9 Å². The zero-order valence-electron chi connectivity index (χ0n) is 43.2. The van der Waals surface area contributed by atoms with Crippen LogP contribution in [0, 0.1) is 17.8 Å². The van der Waals surface area contributed by atoms with Crippen molar-refractivity contribution >= 4 is 11.9 Å². The summed E-state index contributed by atoms with van der Waals surface area (Å²) in [7, 11) is 0. The number of esters is 1. The Balaban J connectivity index is 1.55. The minimum absolute atomic E-state index is 0.0240. The molecule has 21 nitrogen and oxygen atoms in total. The Morgan fingerprint density at radius 1 is 0.635 bits per heavy atom. The third kappa shape index (κ3) is 19.9. The van der Waals surface area contributed by atoms with Crippen molar-refractivity contribution in [2.45, 2.75) is 227 Å². The predicted octanol–water partition coefficient (Wildman–Crippen LogP) is 0.217. The van der Waals surface area contributed by atoms with E-state index >= 15 is 0 Å². The van der Waals surface area contributed by atoms with Gasteiger partial charge in [-0.3, -0.25) is 9.59 Å². The molecule has 1 amide bonds. The number of primary amides is 1. The van der Waals surface area contributed by atoms with Crippen molar-refractivity contribution in [1.29, 1.82) is 0 Å². The summed E-state index contributed by atoms with van der Waals surface area (Å²) in [6, 6.07) is -1.14. The highest BCUT2D eigenvalue weighted by molar-refractivity contribution is 5.78. The van der Waals surface area contributed by atoms with Gasteiger partial charge in [0.2, 0.25) is 5.91 Å². The van der Waals surface area contributed by atoms with Crippen LogP contribution in [0.25, 0.3) is 0 Å². The van der Waals surface area contributed by atoms with Gasteiger partial charge in [0.1, 0.15) is 18.3 Å². The number of rotatable bonds is 5. The number of fused-ring (bicyclic) bond motifs is 2. The summed E-state index contributed by atoms with van der Waals surface area (Å²) in [5, 5.41) is 119. The molecule has 4 rings (SSSR count). The van der Waals surface area contributed by atoms with Gasteiger partial charge in [0.05, 0.1) is 97.7 Å². The highest BCUT2D eigenvalue weighted by Crippen LogP contribution is 2.38. The molecule has 0 aliphatic carbocycles. The Morgan fingerprint density at radius 3 is 1.89 bits per heavy atom. The molecule has 0 aromatic carbocycles. The smallest absolute Gasteiger partial charge is 0.308 e. The van der Waals surface area contributed by atoms with Crippen LogP contribution < -0.4 is 11.5 Å². The van der Waals surface area contributed by atoms with E-state index in [2.05, 4.69) is 0 Å². The van der Waals surface area contributed by atoms with Gasteiger partial charge < -0.3 is 96.1 Å². The number of hydrogen-bond donors (Lipinski definition) is 13. The Morgan fingerprint density at radius 2 is 1.23 bits per heavy atom. The monoisotopic (exact) mass is 1050 g/mol. The van der Waals surface area contributed by atoms with Crippen molar-refractivity contribution < 1.29 is 94.2 Å². The first-order chi connectivity index (χ1) is 34.9. The molecular weight excluding hydrogens is 969 g/mol. The predicted molar refractivity (Wildman–Crippen MR) is 268 cm³/mol. The summed E-state index contributed by atoms with van der Waals surface area (Å²) < 4.78 is 35.9. The van der Waals surface area contributed by atoms with E-state index < -0.39 is 165 Å². The number of cyclic esters (lactones) is 1. The van der Waals surface area contributed by atoms with Gasteiger partial charge >= 0.3 is 5.97 Å². The van der Waals surface area contributed by atoms with Gasteiger partial charge in [-0.1, -0.05) is 86.8 Å². The fourth-order valence-corrected chi connectivity index (χ4v) is 9.68. The number of aliphatic hydroxyl groups excluding tert-OH is 10. The number of amides is 1. The van der Waals surface area contributed by atoms with Crippen LogP contribution in [0.2, 0.25) is 0 Å². The molecule has 0 aromatic heterocycles. The molecule has 3 fully saturated rings. The third-order valence-corrected chi connectivity index (χ3v) is 14.2. The highest BCUT2D eigenvalue weighted by atomic mass is 16.7. The second-order valence-electron chi connectivity index (χ2n) is 20.6. The lowest BCUT2D eigenvalue weighted by atomic mass is 9.82.